The maximum Gasteiger partial charge on any atom is 0.250 e. The molecular formula is C11H17N3O2. The molecule has 1 fully saturated rings. The van der Waals surface area contributed by atoms with E-state index in [2.05, 4.69) is 28.7 Å². The SMILES string of the molecule is CC(C)N1CCOC(c2nccc(=O)[nH]2)C1. The van der Waals surface area contributed by atoms with Crippen molar-refractivity contribution in [2.45, 2.75) is 26.0 Å². The number of nitrogens with one attached hydrogen (secondary N) is 1. The molecule has 0 spiro atoms. The highest BCUT2D eigenvalue weighted by atomic mass is 16.5. The van der Waals surface area contributed by atoms with Crippen LogP contribution >= 0.6 is 0 Å². The number of hydrogen-bond acceptors (Lipinski definition) is 4. The lowest BCUT2D eigenvalue weighted by molar-refractivity contribution is -0.0443. The molecule has 0 aliphatic carbocycles. The van der Waals surface area contributed by atoms with Gasteiger partial charge in [0.25, 0.3) is 5.56 Å². The number of aromatic nitrogens is 2. The highest BCUT2D eigenvalue weighted by Gasteiger charge is 2.24. The van der Waals surface area contributed by atoms with E-state index in [1.807, 2.05) is 0 Å². The standard InChI is InChI=1S/C11H17N3O2/c1-8(2)14-5-6-16-9(7-14)11-12-4-3-10(15)13-11/h3-4,8-9H,5-7H2,1-2H3,(H,12,13,15). The third-order valence-electron chi connectivity index (χ3n) is 2.82. The second-order valence-corrected chi connectivity index (χ2v) is 4.27. The molecule has 1 saturated heterocycles. The summed E-state index contributed by atoms with van der Waals surface area (Å²) in [6.07, 6.45) is 1.40. The van der Waals surface area contributed by atoms with Gasteiger partial charge in [-0.2, -0.15) is 0 Å². The molecule has 1 unspecified atom stereocenters. The Kier molecular flexibility index (Phi) is 3.36. The van der Waals surface area contributed by atoms with Crippen LogP contribution in [0.25, 0.3) is 0 Å². The summed E-state index contributed by atoms with van der Waals surface area (Å²) >= 11 is 0. The largest absolute Gasteiger partial charge is 0.368 e. The molecule has 5 heteroatoms. The van der Waals surface area contributed by atoms with Crippen LogP contribution in [0.5, 0.6) is 0 Å². The van der Waals surface area contributed by atoms with Gasteiger partial charge in [-0.1, -0.05) is 0 Å². The van der Waals surface area contributed by atoms with Crippen molar-refractivity contribution in [3.63, 3.8) is 0 Å². The van der Waals surface area contributed by atoms with Crippen LogP contribution in [-0.4, -0.2) is 40.6 Å². The molecule has 1 aliphatic rings. The molecule has 2 rings (SSSR count). The number of nitrogens with zero attached hydrogens (tertiary/aromatic N) is 2. The van der Waals surface area contributed by atoms with Gasteiger partial charge in [0, 0.05) is 31.4 Å². The van der Waals surface area contributed by atoms with Gasteiger partial charge in [-0.25, -0.2) is 4.98 Å². The third-order valence-corrected chi connectivity index (χ3v) is 2.82. The van der Waals surface area contributed by atoms with E-state index in [1.54, 1.807) is 0 Å². The zero-order valence-electron chi connectivity index (χ0n) is 9.64. The normalized spacial score (nSPS) is 22.6. The first-order chi connectivity index (χ1) is 7.66. The van der Waals surface area contributed by atoms with Crippen molar-refractivity contribution in [3.8, 4) is 0 Å². The monoisotopic (exact) mass is 223 g/mol. The van der Waals surface area contributed by atoms with Crippen LogP contribution in [0.2, 0.25) is 0 Å². The highest BCUT2D eigenvalue weighted by Crippen LogP contribution is 2.19. The smallest absolute Gasteiger partial charge is 0.250 e. The number of aromatic amines is 1. The van der Waals surface area contributed by atoms with Crippen molar-refractivity contribution in [3.05, 3.63) is 28.4 Å². The number of hydrogen-bond donors (Lipinski definition) is 1. The van der Waals surface area contributed by atoms with Crippen LogP contribution in [0, 0.1) is 0 Å². The quantitative estimate of drug-likeness (QED) is 0.795. The van der Waals surface area contributed by atoms with Crippen molar-refractivity contribution < 1.29 is 4.74 Å². The van der Waals surface area contributed by atoms with Crippen LogP contribution < -0.4 is 5.56 Å². The van der Waals surface area contributed by atoms with Gasteiger partial charge in [0.2, 0.25) is 0 Å². The van der Waals surface area contributed by atoms with Gasteiger partial charge in [0.15, 0.2) is 0 Å². The average Bonchev–Trinajstić information content (AvgIpc) is 2.29. The van der Waals surface area contributed by atoms with Crippen molar-refractivity contribution >= 4 is 0 Å². The Morgan fingerprint density at radius 2 is 2.44 bits per heavy atom. The van der Waals surface area contributed by atoms with E-state index in [-0.39, 0.29) is 11.7 Å². The Labute approximate surface area is 94.5 Å². The average molecular weight is 223 g/mol. The maximum absolute atomic E-state index is 11.2. The Bertz CT molecular complexity index is 402. The van der Waals surface area contributed by atoms with Crippen LogP contribution in [0.15, 0.2) is 17.1 Å². The Balaban J connectivity index is 2.12. The summed E-state index contributed by atoms with van der Waals surface area (Å²) in [7, 11) is 0. The van der Waals surface area contributed by atoms with Crippen molar-refractivity contribution in [1.29, 1.82) is 0 Å². The van der Waals surface area contributed by atoms with Gasteiger partial charge >= 0.3 is 0 Å². The van der Waals surface area contributed by atoms with E-state index in [9.17, 15) is 4.79 Å². The summed E-state index contributed by atoms with van der Waals surface area (Å²) < 4.78 is 5.63. The number of ether oxygens (including phenoxy) is 1. The summed E-state index contributed by atoms with van der Waals surface area (Å²) in [4.78, 5) is 20.4. The second-order valence-electron chi connectivity index (χ2n) is 4.27. The molecule has 0 bridgehead atoms. The third kappa shape index (κ3) is 2.48. The van der Waals surface area contributed by atoms with E-state index in [0.29, 0.717) is 18.5 Å². The van der Waals surface area contributed by atoms with Crippen LogP contribution in [0.4, 0.5) is 0 Å². The molecule has 5 nitrogen and oxygen atoms in total. The fraction of sp³-hybridized carbons (Fsp3) is 0.636. The fourth-order valence-corrected chi connectivity index (χ4v) is 1.85. The molecule has 88 valence electrons. The summed E-state index contributed by atoms with van der Waals surface area (Å²) in [5.41, 5.74) is -0.129. The number of H-pyrrole nitrogens is 1. The topological polar surface area (TPSA) is 58.2 Å². The molecule has 0 aromatic carbocycles. The number of rotatable bonds is 2. The first kappa shape index (κ1) is 11.3. The van der Waals surface area contributed by atoms with Gasteiger partial charge in [0.05, 0.1) is 6.61 Å². The number of morpholine rings is 1. The summed E-state index contributed by atoms with van der Waals surface area (Å²) in [5, 5.41) is 0. The Morgan fingerprint density at radius 3 is 3.12 bits per heavy atom. The van der Waals surface area contributed by atoms with E-state index >= 15 is 0 Å². The predicted octanol–water partition coefficient (Wildman–Crippen LogP) is 0.552. The summed E-state index contributed by atoms with van der Waals surface area (Å²) in [6.45, 7) is 6.71. The zero-order chi connectivity index (χ0) is 11.5. The zero-order valence-corrected chi connectivity index (χ0v) is 9.64. The van der Waals surface area contributed by atoms with E-state index < -0.39 is 0 Å². The second kappa shape index (κ2) is 4.76. The minimum atomic E-state index is -0.129. The molecule has 1 atom stereocenters. The Morgan fingerprint density at radius 1 is 1.62 bits per heavy atom. The van der Waals surface area contributed by atoms with Crippen molar-refractivity contribution in [1.82, 2.24) is 14.9 Å². The van der Waals surface area contributed by atoms with Crippen LogP contribution in [0.1, 0.15) is 25.8 Å². The lowest BCUT2D eigenvalue weighted by Crippen LogP contribution is -2.43. The van der Waals surface area contributed by atoms with Crippen molar-refractivity contribution in [2.24, 2.45) is 0 Å². The van der Waals surface area contributed by atoms with E-state index in [1.165, 1.54) is 12.3 Å². The molecular weight excluding hydrogens is 206 g/mol. The first-order valence-electron chi connectivity index (χ1n) is 5.57. The fourth-order valence-electron chi connectivity index (χ4n) is 1.85. The van der Waals surface area contributed by atoms with Gasteiger partial charge in [-0.3, -0.25) is 9.69 Å². The molecule has 1 aromatic heterocycles. The molecule has 0 amide bonds. The lowest BCUT2D eigenvalue weighted by Gasteiger charge is -2.34. The first-order valence-corrected chi connectivity index (χ1v) is 5.57. The van der Waals surface area contributed by atoms with Gasteiger partial charge in [0.1, 0.15) is 11.9 Å². The minimum Gasteiger partial charge on any atom is -0.368 e. The molecule has 2 heterocycles. The van der Waals surface area contributed by atoms with Crippen LogP contribution in [-0.2, 0) is 4.74 Å². The molecule has 0 saturated carbocycles. The van der Waals surface area contributed by atoms with Gasteiger partial charge in [-0.15, -0.1) is 0 Å². The predicted molar refractivity (Wildman–Crippen MR) is 60.3 cm³/mol. The molecule has 1 N–H and O–H groups in total. The van der Waals surface area contributed by atoms with Crippen molar-refractivity contribution in [2.75, 3.05) is 19.7 Å². The molecule has 0 radical (unpaired) electrons. The van der Waals surface area contributed by atoms with E-state index in [0.717, 1.165) is 13.1 Å². The molecule has 16 heavy (non-hydrogen) atoms. The highest BCUT2D eigenvalue weighted by molar-refractivity contribution is 4.96. The lowest BCUT2D eigenvalue weighted by atomic mass is 10.2. The van der Waals surface area contributed by atoms with Gasteiger partial charge in [-0.05, 0) is 13.8 Å². The summed E-state index contributed by atoms with van der Waals surface area (Å²) in [6, 6.07) is 1.90. The van der Waals surface area contributed by atoms with Crippen LogP contribution in [0.3, 0.4) is 0 Å². The Hall–Kier alpha value is -1.20. The summed E-state index contributed by atoms with van der Waals surface area (Å²) in [5.74, 6) is 0.623. The minimum absolute atomic E-state index is 0.120. The molecule has 1 aromatic rings. The van der Waals surface area contributed by atoms with Gasteiger partial charge < -0.3 is 9.72 Å². The van der Waals surface area contributed by atoms with E-state index in [4.69, 9.17) is 4.74 Å². The molecule has 1 aliphatic heterocycles. The maximum atomic E-state index is 11.2.